The number of nitrogens with zero attached hydrogens (tertiary/aromatic N) is 2. The van der Waals surface area contributed by atoms with Crippen LogP contribution >= 0.6 is 0 Å². The summed E-state index contributed by atoms with van der Waals surface area (Å²) >= 11 is 0. The maximum Gasteiger partial charge on any atom is 0.341 e. The van der Waals surface area contributed by atoms with Crippen molar-refractivity contribution in [2.24, 2.45) is 0 Å². The number of carboxylic acid groups (broad SMARTS) is 1. The average Bonchev–Trinajstić information content (AvgIpc) is 2.58. The summed E-state index contributed by atoms with van der Waals surface area (Å²) in [7, 11) is 0. The fourth-order valence-corrected chi connectivity index (χ4v) is 2.89. The zero-order valence-electron chi connectivity index (χ0n) is 13.5. The van der Waals surface area contributed by atoms with Crippen molar-refractivity contribution in [2.45, 2.75) is 13.5 Å². The fourth-order valence-electron chi connectivity index (χ4n) is 2.89. The number of hydrogen-bond donors (Lipinski definition) is 2. The van der Waals surface area contributed by atoms with Crippen molar-refractivity contribution in [3.63, 3.8) is 0 Å². The first-order valence-electron chi connectivity index (χ1n) is 7.61. The molecule has 1 aromatic heterocycles. The number of halogens is 2. The third-order valence-electron chi connectivity index (χ3n) is 4.11. The van der Waals surface area contributed by atoms with E-state index in [2.05, 4.69) is 5.32 Å². The van der Waals surface area contributed by atoms with Gasteiger partial charge in [0.25, 0.3) is 0 Å². The van der Waals surface area contributed by atoms with Crippen molar-refractivity contribution in [3.8, 4) is 0 Å². The quantitative estimate of drug-likeness (QED) is 0.822. The first-order valence-corrected chi connectivity index (χ1v) is 7.61. The standard InChI is InChI=1S/C16H13F2N3O5/c1-2-20-5-8(16(25)26)15(24)7-3-9(17)14(12(18)13(7)20)21-6-10(22)19-4-11(21)23/h3,5H,2,4,6H2,1H3,(H,19,22)(H,25,26). The van der Waals surface area contributed by atoms with Gasteiger partial charge in [-0.1, -0.05) is 0 Å². The Balaban J connectivity index is 2.36. The highest BCUT2D eigenvalue weighted by Crippen LogP contribution is 2.30. The highest BCUT2D eigenvalue weighted by atomic mass is 19.1. The summed E-state index contributed by atoms with van der Waals surface area (Å²) in [5, 5.41) is 10.9. The molecule has 8 nitrogen and oxygen atoms in total. The maximum atomic E-state index is 15.1. The van der Waals surface area contributed by atoms with Crippen LogP contribution in [0.25, 0.3) is 10.9 Å². The van der Waals surface area contributed by atoms with Gasteiger partial charge in [0.2, 0.25) is 17.2 Å². The minimum absolute atomic E-state index is 0.0908. The number of fused-ring (bicyclic) bond motifs is 1. The van der Waals surface area contributed by atoms with Gasteiger partial charge in [0.15, 0.2) is 11.6 Å². The molecule has 1 fully saturated rings. The molecule has 0 unspecified atom stereocenters. The third-order valence-corrected chi connectivity index (χ3v) is 4.11. The van der Waals surface area contributed by atoms with Crippen LogP contribution in [0.15, 0.2) is 17.1 Å². The molecule has 1 aromatic carbocycles. The van der Waals surface area contributed by atoms with Crippen molar-refractivity contribution in [1.29, 1.82) is 0 Å². The number of amides is 2. The van der Waals surface area contributed by atoms with E-state index in [1.54, 1.807) is 6.92 Å². The summed E-state index contributed by atoms with van der Waals surface area (Å²) in [4.78, 5) is 47.6. The SMILES string of the molecule is CCn1cc(C(=O)O)c(=O)c2cc(F)c(N3CC(=O)NCC3=O)c(F)c21. The van der Waals surface area contributed by atoms with E-state index in [9.17, 15) is 23.6 Å². The summed E-state index contributed by atoms with van der Waals surface area (Å²) in [6.07, 6.45) is 0.961. The predicted octanol–water partition coefficient (Wildman–Crippen LogP) is 0.461. The molecule has 0 saturated carbocycles. The van der Waals surface area contributed by atoms with Crippen molar-refractivity contribution < 1.29 is 28.3 Å². The smallest absolute Gasteiger partial charge is 0.341 e. The number of anilines is 1. The lowest BCUT2D eigenvalue weighted by Crippen LogP contribution is -2.52. The second kappa shape index (κ2) is 6.21. The van der Waals surface area contributed by atoms with E-state index in [1.807, 2.05) is 0 Å². The van der Waals surface area contributed by atoms with Crippen LogP contribution in [0.3, 0.4) is 0 Å². The number of pyridine rings is 1. The van der Waals surface area contributed by atoms with Crippen LogP contribution in [0.2, 0.25) is 0 Å². The zero-order valence-corrected chi connectivity index (χ0v) is 13.5. The Morgan fingerprint density at radius 2 is 2.00 bits per heavy atom. The van der Waals surface area contributed by atoms with E-state index < -0.39 is 64.6 Å². The molecule has 0 atom stereocenters. The number of benzene rings is 1. The number of piperazine rings is 1. The van der Waals surface area contributed by atoms with Gasteiger partial charge in [-0.25, -0.2) is 13.6 Å². The minimum Gasteiger partial charge on any atom is -0.477 e. The molecule has 0 aliphatic carbocycles. The van der Waals surface area contributed by atoms with Gasteiger partial charge in [0.1, 0.15) is 17.8 Å². The van der Waals surface area contributed by atoms with Crippen LogP contribution in [0.1, 0.15) is 17.3 Å². The number of aromatic nitrogens is 1. The summed E-state index contributed by atoms with van der Waals surface area (Å²) < 4.78 is 30.8. The summed E-state index contributed by atoms with van der Waals surface area (Å²) in [5.41, 5.74) is -2.75. The van der Waals surface area contributed by atoms with Crippen LogP contribution in [0.4, 0.5) is 14.5 Å². The Bertz CT molecular complexity index is 1030. The maximum absolute atomic E-state index is 15.1. The van der Waals surface area contributed by atoms with Gasteiger partial charge in [-0.3, -0.25) is 19.3 Å². The molecule has 2 aromatic rings. The molecule has 1 aliphatic heterocycles. The van der Waals surface area contributed by atoms with E-state index in [4.69, 9.17) is 5.11 Å². The van der Waals surface area contributed by atoms with E-state index in [-0.39, 0.29) is 12.1 Å². The van der Waals surface area contributed by atoms with E-state index >= 15 is 4.39 Å². The first-order chi connectivity index (χ1) is 12.3. The number of hydrogen-bond acceptors (Lipinski definition) is 4. The van der Waals surface area contributed by atoms with E-state index in [0.717, 1.165) is 10.8 Å². The molecule has 2 heterocycles. The Morgan fingerprint density at radius 1 is 1.31 bits per heavy atom. The predicted molar refractivity (Wildman–Crippen MR) is 86.1 cm³/mol. The van der Waals surface area contributed by atoms with Gasteiger partial charge in [0, 0.05) is 12.7 Å². The van der Waals surface area contributed by atoms with Gasteiger partial charge in [-0.2, -0.15) is 0 Å². The number of aromatic carboxylic acids is 1. The first kappa shape index (κ1) is 17.5. The van der Waals surface area contributed by atoms with Crippen LogP contribution in [-0.4, -0.2) is 40.5 Å². The minimum atomic E-state index is -1.52. The highest BCUT2D eigenvalue weighted by Gasteiger charge is 2.31. The van der Waals surface area contributed by atoms with Gasteiger partial charge in [-0.15, -0.1) is 0 Å². The molecule has 2 N–H and O–H groups in total. The Morgan fingerprint density at radius 3 is 2.62 bits per heavy atom. The Kier molecular flexibility index (Phi) is 4.18. The summed E-state index contributed by atoms with van der Waals surface area (Å²) in [6, 6.07) is 0.689. The molecule has 1 aliphatic rings. The lowest BCUT2D eigenvalue weighted by Gasteiger charge is -2.28. The number of carbonyl (C=O) groups excluding carboxylic acids is 2. The lowest BCUT2D eigenvalue weighted by atomic mass is 10.1. The third kappa shape index (κ3) is 2.59. The Labute approximate surface area is 144 Å². The second-order valence-electron chi connectivity index (χ2n) is 5.64. The molecule has 1 saturated heterocycles. The van der Waals surface area contributed by atoms with Gasteiger partial charge in [-0.05, 0) is 13.0 Å². The molecule has 26 heavy (non-hydrogen) atoms. The van der Waals surface area contributed by atoms with Gasteiger partial charge < -0.3 is 15.0 Å². The van der Waals surface area contributed by atoms with Crippen LogP contribution in [-0.2, 0) is 16.1 Å². The molecular formula is C16H13F2N3O5. The number of nitrogens with one attached hydrogen (secondary N) is 1. The van der Waals surface area contributed by atoms with Crippen molar-refractivity contribution in [2.75, 3.05) is 18.0 Å². The van der Waals surface area contributed by atoms with E-state index in [1.165, 1.54) is 0 Å². The number of carboxylic acids is 1. The second-order valence-corrected chi connectivity index (χ2v) is 5.64. The molecule has 0 radical (unpaired) electrons. The normalized spacial score (nSPS) is 14.7. The summed E-state index contributed by atoms with van der Waals surface area (Å²) in [6.45, 7) is 0.695. The van der Waals surface area contributed by atoms with Crippen LogP contribution in [0.5, 0.6) is 0 Å². The topological polar surface area (TPSA) is 109 Å². The lowest BCUT2D eigenvalue weighted by molar-refractivity contribution is -0.128. The van der Waals surface area contributed by atoms with Crippen LogP contribution < -0.4 is 15.6 Å². The highest BCUT2D eigenvalue weighted by molar-refractivity contribution is 6.06. The Hall–Kier alpha value is -3.30. The monoisotopic (exact) mass is 365 g/mol. The van der Waals surface area contributed by atoms with Crippen molar-refractivity contribution >= 4 is 34.4 Å². The largest absolute Gasteiger partial charge is 0.477 e. The van der Waals surface area contributed by atoms with Gasteiger partial charge in [0.05, 0.1) is 17.4 Å². The summed E-state index contributed by atoms with van der Waals surface area (Å²) in [5.74, 6) is -5.27. The number of carbonyl (C=O) groups is 3. The van der Waals surface area contributed by atoms with Crippen molar-refractivity contribution in [3.05, 3.63) is 39.7 Å². The van der Waals surface area contributed by atoms with E-state index in [0.29, 0.717) is 11.0 Å². The number of rotatable bonds is 3. The molecule has 3 rings (SSSR count). The molecular weight excluding hydrogens is 352 g/mol. The molecule has 10 heteroatoms. The fraction of sp³-hybridized carbons (Fsp3) is 0.250. The zero-order chi connectivity index (χ0) is 19.2. The molecule has 0 spiro atoms. The molecule has 2 amide bonds. The molecule has 0 bridgehead atoms. The van der Waals surface area contributed by atoms with Crippen molar-refractivity contribution in [1.82, 2.24) is 9.88 Å². The van der Waals surface area contributed by atoms with Crippen LogP contribution in [0, 0.1) is 11.6 Å². The van der Waals surface area contributed by atoms with Gasteiger partial charge >= 0.3 is 5.97 Å². The average molecular weight is 365 g/mol. The molecule has 136 valence electrons. The number of aryl methyl sites for hydroxylation is 1.